The number of benzene rings is 2. The quantitative estimate of drug-likeness (QED) is 0.431. The number of nitrogens with zero attached hydrogens (tertiary/aromatic N) is 1. The maximum absolute atomic E-state index is 10.2. The SMILES string of the molecule is ON(C(S)Cc1ccccc1)C(S)Cc1ccccc1. The van der Waals surface area contributed by atoms with E-state index in [9.17, 15) is 5.21 Å². The first-order chi connectivity index (χ1) is 9.66. The Morgan fingerprint density at radius 3 is 1.45 bits per heavy atom. The summed E-state index contributed by atoms with van der Waals surface area (Å²) >= 11 is 8.94. The summed E-state index contributed by atoms with van der Waals surface area (Å²) in [7, 11) is 0. The van der Waals surface area contributed by atoms with Gasteiger partial charge >= 0.3 is 0 Å². The normalized spacial score (nSPS) is 14.2. The van der Waals surface area contributed by atoms with Crippen molar-refractivity contribution in [3.63, 3.8) is 0 Å². The van der Waals surface area contributed by atoms with E-state index in [4.69, 9.17) is 0 Å². The summed E-state index contributed by atoms with van der Waals surface area (Å²) in [6.07, 6.45) is 1.35. The van der Waals surface area contributed by atoms with Gasteiger partial charge in [0.15, 0.2) is 0 Å². The van der Waals surface area contributed by atoms with E-state index in [1.807, 2.05) is 60.7 Å². The van der Waals surface area contributed by atoms with E-state index < -0.39 is 0 Å². The molecule has 1 N–H and O–H groups in total. The van der Waals surface area contributed by atoms with Gasteiger partial charge in [-0.1, -0.05) is 60.7 Å². The summed E-state index contributed by atoms with van der Waals surface area (Å²) in [4.78, 5) is 0. The van der Waals surface area contributed by atoms with Crippen molar-refractivity contribution in [2.75, 3.05) is 0 Å². The average Bonchev–Trinajstić information content (AvgIpc) is 2.48. The standard InChI is InChI=1S/C16H19NOS2/c18-17(15(19)11-13-7-3-1-4-8-13)16(20)12-14-9-5-2-6-10-14/h1-10,15-16,18-20H,11-12H2. The molecule has 0 aromatic heterocycles. The molecule has 2 atom stereocenters. The lowest BCUT2D eigenvalue weighted by Gasteiger charge is -2.27. The molecular weight excluding hydrogens is 286 g/mol. The Hall–Kier alpha value is -0.940. The van der Waals surface area contributed by atoms with Gasteiger partial charge in [-0.3, -0.25) is 0 Å². The Bertz CT molecular complexity index is 459. The summed E-state index contributed by atoms with van der Waals surface area (Å²) < 4.78 is 0. The summed E-state index contributed by atoms with van der Waals surface area (Å²) in [6.45, 7) is 0. The first kappa shape index (κ1) is 15.4. The van der Waals surface area contributed by atoms with E-state index in [-0.39, 0.29) is 10.7 Å². The van der Waals surface area contributed by atoms with Crippen molar-refractivity contribution in [2.24, 2.45) is 0 Å². The molecule has 0 spiro atoms. The van der Waals surface area contributed by atoms with Crippen molar-refractivity contribution < 1.29 is 5.21 Å². The third-order valence-electron chi connectivity index (χ3n) is 3.13. The van der Waals surface area contributed by atoms with Crippen molar-refractivity contribution in [3.05, 3.63) is 71.8 Å². The lowest BCUT2D eigenvalue weighted by atomic mass is 10.1. The molecule has 0 aliphatic rings. The monoisotopic (exact) mass is 305 g/mol. The van der Waals surface area contributed by atoms with Crippen molar-refractivity contribution in [1.29, 1.82) is 0 Å². The van der Waals surface area contributed by atoms with Crippen LogP contribution in [0.3, 0.4) is 0 Å². The summed E-state index contributed by atoms with van der Waals surface area (Å²) in [5, 5.41) is 10.9. The molecule has 0 heterocycles. The fraction of sp³-hybridized carbons (Fsp3) is 0.250. The van der Waals surface area contributed by atoms with Crippen LogP contribution in [0.5, 0.6) is 0 Å². The Morgan fingerprint density at radius 2 is 1.10 bits per heavy atom. The van der Waals surface area contributed by atoms with E-state index in [0.717, 1.165) is 11.1 Å². The van der Waals surface area contributed by atoms with Crippen LogP contribution in [-0.4, -0.2) is 21.0 Å². The third kappa shape index (κ3) is 4.56. The van der Waals surface area contributed by atoms with Crippen LogP contribution in [0.15, 0.2) is 60.7 Å². The molecule has 0 bridgehead atoms. The molecule has 2 unspecified atom stereocenters. The smallest absolute Gasteiger partial charge is 0.0826 e. The molecule has 0 saturated heterocycles. The third-order valence-corrected chi connectivity index (χ3v) is 3.97. The second-order valence-electron chi connectivity index (χ2n) is 4.72. The first-order valence-electron chi connectivity index (χ1n) is 6.58. The molecule has 2 rings (SSSR count). The van der Waals surface area contributed by atoms with Crippen LogP contribution in [0.1, 0.15) is 11.1 Å². The molecule has 2 nitrogen and oxygen atoms in total. The van der Waals surface area contributed by atoms with Crippen LogP contribution in [-0.2, 0) is 12.8 Å². The van der Waals surface area contributed by atoms with Crippen LogP contribution in [0, 0.1) is 0 Å². The second kappa shape index (κ2) is 7.74. The molecule has 0 fully saturated rings. The summed E-state index contributed by atoms with van der Waals surface area (Å²) in [6, 6.07) is 20.0. The van der Waals surface area contributed by atoms with Crippen molar-refractivity contribution in [2.45, 2.75) is 23.6 Å². The minimum Gasteiger partial charge on any atom is -0.312 e. The first-order valence-corrected chi connectivity index (χ1v) is 7.61. The van der Waals surface area contributed by atoms with E-state index in [1.165, 1.54) is 5.06 Å². The van der Waals surface area contributed by atoms with Crippen molar-refractivity contribution in [3.8, 4) is 0 Å². The van der Waals surface area contributed by atoms with Gasteiger partial charge < -0.3 is 5.21 Å². The van der Waals surface area contributed by atoms with Crippen molar-refractivity contribution in [1.82, 2.24) is 5.06 Å². The topological polar surface area (TPSA) is 23.5 Å². The van der Waals surface area contributed by atoms with E-state index in [1.54, 1.807) is 0 Å². The number of rotatable bonds is 6. The predicted octanol–water partition coefficient (Wildman–Crippen LogP) is 3.67. The highest BCUT2D eigenvalue weighted by Gasteiger charge is 2.20. The Labute approximate surface area is 131 Å². The molecule has 0 aliphatic heterocycles. The Morgan fingerprint density at radius 1 is 0.750 bits per heavy atom. The zero-order chi connectivity index (χ0) is 14.4. The number of hydrogen-bond donors (Lipinski definition) is 3. The molecular formula is C16H19NOS2. The molecule has 20 heavy (non-hydrogen) atoms. The number of hydrogen-bond acceptors (Lipinski definition) is 4. The zero-order valence-corrected chi connectivity index (χ0v) is 12.9. The molecule has 0 radical (unpaired) electrons. The highest BCUT2D eigenvalue weighted by molar-refractivity contribution is 7.81. The van der Waals surface area contributed by atoms with Crippen LogP contribution in [0.4, 0.5) is 0 Å². The average molecular weight is 305 g/mol. The number of thiol groups is 2. The molecule has 4 heteroatoms. The summed E-state index contributed by atoms with van der Waals surface area (Å²) in [5.41, 5.74) is 2.29. The van der Waals surface area contributed by atoms with Gasteiger partial charge in [0.1, 0.15) is 0 Å². The van der Waals surface area contributed by atoms with E-state index in [2.05, 4.69) is 25.3 Å². The maximum atomic E-state index is 10.2. The molecule has 106 valence electrons. The molecule has 2 aromatic carbocycles. The number of hydroxylamine groups is 2. The van der Waals surface area contributed by atoms with Gasteiger partial charge in [0.05, 0.1) is 10.7 Å². The minimum absolute atomic E-state index is 0.274. The summed E-state index contributed by atoms with van der Waals surface area (Å²) in [5.74, 6) is 0. The van der Waals surface area contributed by atoms with Gasteiger partial charge in [0.2, 0.25) is 0 Å². The van der Waals surface area contributed by atoms with Gasteiger partial charge in [0.25, 0.3) is 0 Å². The molecule has 0 aliphatic carbocycles. The lowest BCUT2D eigenvalue weighted by molar-refractivity contribution is -0.110. The van der Waals surface area contributed by atoms with E-state index in [0.29, 0.717) is 12.8 Å². The van der Waals surface area contributed by atoms with Crippen LogP contribution < -0.4 is 0 Å². The van der Waals surface area contributed by atoms with Gasteiger partial charge in [-0.05, 0) is 24.0 Å². The molecule has 2 aromatic rings. The Kier molecular flexibility index (Phi) is 5.98. The maximum Gasteiger partial charge on any atom is 0.0826 e. The van der Waals surface area contributed by atoms with Crippen molar-refractivity contribution >= 4 is 25.3 Å². The van der Waals surface area contributed by atoms with Gasteiger partial charge in [0, 0.05) is 0 Å². The molecule has 0 saturated carbocycles. The van der Waals surface area contributed by atoms with Gasteiger partial charge in [-0.15, -0.1) is 0 Å². The highest BCUT2D eigenvalue weighted by atomic mass is 32.1. The fourth-order valence-corrected chi connectivity index (χ4v) is 2.88. The van der Waals surface area contributed by atoms with Gasteiger partial charge in [-0.25, -0.2) is 0 Å². The highest BCUT2D eigenvalue weighted by Crippen LogP contribution is 2.18. The largest absolute Gasteiger partial charge is 0.312 e. The zero-order valence-electron chi connectivity index (χ0n) is 11.1. The van der Waals surface area contributed by atoms with Crippen LogP contribution in [0.25, 0.3) is 0 Å². The van der Waals surface area contributed by atoms with Gasteiger partial charge in [-0.2, -0.15) is 30.3 Å². The molecule has 0 amide bonds. The predicted molar refractivity (Wildman–Crippen MR) is 89.5 cm³/mol. The minimum atomic E-state index is -0.274. The van der Waals surface area contributed by atoms with Crippen LogP contribution in [0.2, 0.25) is 0 Å². The van der Waals surface area contributed by atoms with E-state index >= 15 is 0 Å². The Balaban J connectivity index is 1.91. The van der Waals surface area contributed by atoms with Crippen LogP contribution >= 0.6 is 25.3 Å². The fourth-order valence-electron chi connectivity index (χ4n) is 2.04. The lowest BCUT2D eigenvalue weighted by Crippen LogP contribution is -2.37. The second-order valence-corrected chi connectivity index (χ2v) is 5.91.